The van der Waals surface area contributed by atoms with E-state index < -0.39 is 21.7 Å². The molecular weight excluding hydrogens is 254 g/mol. The van der Waals surface area contributed by atoms with Crippen LogP contribution in [0.3, 0.4) is 0 Å². The fraction of sp³-hybridized carbons (Fsp3) is 0.222. The van der Waals surface area contributed by atoms with Crippen LogP contribution >= 0.6 is 11.6 Å². The van der Waals surface area contributed by atoms with Gasteiger partial charge in [-0.05, 0) is 18.6 Å². The topological polar surface area (TPSA) is 83.5 Å². The van der Waals surface area contributed by atoms with Crippen molar-refractivity contribution in [1.29, 1.82) is 0 Å². The smallest absolute Gasteiger partial charge is 0.320 e. The van der Waals surface area contributed by atoms with Gasteiger partial charge < -0.3 is 5.11 Å². The van der Waals surface area contributed by atoms with E-state index in [-0.39, 0.29) is 10.7 Å². The Kier molecular flexibility index (Phi) is 3.77. The first-order valence-electron chi connectivity index (χ1n) is 4.29. The van der Waals surface area contributed by atoms with Gasteiger partial charge in [0.05, 0.1) is 10.7 Å². The van der Waals surface area contributed by atoms with Gasteiger partial charge >= 0.3 is 5.97 Å². The molecule has 1 rings (SSSR count). The van der Waals surface area contributed by atoms with Gasteiger partial charge in [0, 0.05) is 0 Å². The summed E-state index contributed by atoms with van der Waals surface area (Å²) >= 11 is 5.80. The number of aryl methyl sites for hydroxylation is 1. The molecule has 5 nitrogen and oxygen atoms in total. The zero-order valence-electron chi connectivity index (χ0n) is 8.40. The van der Waals surface area contributed by atoms with Gasteiger partial charge in [-0.1, -0.05) is 23.7 Å². The maximum Gasteiger partial charge on any atom is 0.320 e. The highest BCUT2D eigenvalue weighted by Crippen LogP contribution is 2.26. The van der Waals surface area contributed by atoms with E-state index in [4.69, 9.17) is 16.7 Å². The normalized spacial score (nSPS) is 11.1. The molecule has 1 aromatic carbocycles. The summed E-state index contributed by atoms with van der Waals surface area (Å²) in [6, 6.07) is 4.87. The van der Waals surface area contributed by atoms with Crippen LogP contribution in [0.25, 0.3) is 0 Å². The van der Waals surface area contributed by atoms with Crippen LogP contribution in [0.5, 0.6) is 0 Å². The fourth-order valence-corrected chi connectivity index (χ4v) is 2.42. The Morgan fingerprint density at radius 3 is 2.62 bits per heavy atom. The first-order valence-corrected chi connectivity index (χ1v) is 6.32. The van der Waals surface area contributed by atoms with E-state index in [2.05, 4.69) is 4.72 Å². The molecule has 0 fully saturated rings. The summed E-state index contributed by atoms with van der Waals surface area (Å²) in [5.41, 5.74) is 0.840. The van der Waals surface area contributed by atoms with Crippen LogP contribution in [-0.4, -0.2) is 25.2 Å². The number of aliphatic carboxylic acids is 1. The van der Waals surface area contributed by atoms with Crippen molar-refractivity contribution in [2.75, 3.05) is 10.5 Å². The van der Waals surface area contributed by atoms with Gasteiger partial charge in [-0.15, -0.1) is 0 Å². The Balaban J connectivity index is 3.01. The van der Waals surface area contributed by atoms with Crippen molar-refractivity contribution in [1.82, 2.24) is 0 Å². The lowest BCUT2D eigenvalue weighted by atomic mass is 10.2. The highest BCUT2D eigenvalue weighted by molar-refractivity contribution is 7.93. The Hall–Kier alpha value is -1.27. The molecule has 0 aliphatic heterocycles. The second kappa shape index (κ2) is 4.71. The zero-order chi connectivity index (χ0) is 12.3. The molecule has 88 valence electrons. The summed E-state index contributed by atoms with van der Waals surface area (Å²) in [5, 5.41) is 8.64. The van der Waals surface area contributed by atoms with Gasteiger partial charge in [0.15, 0.2) is 5.75 Å². The summed E-state index contributed by atoms with van der Waals surface area (Å²) in [7, 11) is -3.91. The largest absolute Gasteiger partial charge is 0.480 e. The van der Waals surface area contributed by atoms with Crippen molar-refractivity contribution in [3.05, 3.63) is 28.8 Å². The molecular formula is C9H10ClNO4S. The molecule has 0 aliphatic carbocycles. The number of carbonyl (C=O) groups is 1. The third-order valence-electron chi connectivity index (χ3n) is 1.79. The summed E-state index contributed by atoms with van der Waals surface area (Å²) < 4.78 is 24.9. The zero-order valence-corrected chi connectivity index (χ0v) is 9.97. The Labute approximate surface area is 98.1 Å². The van der Waals surface area contributed by atoms with E-state index in [1.165, 1.54) is 6.07 Å². The number of para-hydroxylation sites is 1. The van der Waals surface area contributed by atoms with Crippen LogP contribution in [0.4, 0.5) is 5.69 Å². The second-order valence-corrected chi connectivity index (χ2v) is 5.32. The fourth-order valence-electron chi connectivity index (χ4n) is 1.12. The molecule has 0 unspecified atom stereocenters. The van der Waals surface area contributed by atoms with E-state index in [0.717, 1.165) is 0 Å². The van der Waals surface area contributed by atoms with Gasteiger partial charge in [-0.3, -0.25) is 9.52 Å². The van der Waals surface area contributed by atoms with E-state index in [0.29, 0.717) is 5.56 Å². The number of hydrogen-bond donors (Lipinski definition) is 2. The summed E-state index contributed by atoms with van der Waals surface area (Å²) in [6.07, 6.45) is 0. The molecule has 0 bridgehead atoms. The molecule has 0 spiro atoms. The molecule has 0 amide bonds. The molecule has 7 heteroatoms. The van der Waals surface area contributed by atoms with E-state index in [1.54, 1.807) is 19.1 Å². The lowest BCUT2D eigenvalue weighted by Gasteiger charge is -2.10. The van der Waals surface area contributed by atoms with Crippen molar-refractivity contribution >= 4 is 33.3 Å². The molecule has 0 heterocycles. The van der Waals surface area contributed by atoms with Crippen LogP contribution in [0, 0.1) is 6.92 Å². The Morgan fingerprint density at radius 2 is 2.12 bits per heavy atom. The third-order valence-corrected chi connectivity index (χ3v) is 3.25. The maximum atomic E-state index is 11.4. The quantitative estimate of drug-likeness (QED) is 0.862. The van der Waals surface area contributed by atoms with Crippen molar-refractivity contribution < 1.29 is 18.3 Å². The summed E-state index contributed by atoms with van der Waals surface area (Å²) in [5.74, 6) is -2.41. The molecule has 0 saturated heterocycles. The minimum atomic E-state index is -3.91. The van der Waals surface area contributed by atoms with E-state index in [9.17, 15) is 13.2 Å². The van der Waals surface area contributed by atoms with Gasteiger partial charge in [0.1, 0.15) is 0 Å². The number of benzene rings is 1. The maximum absolute atomic E-state index is 11.4. The number of anilines is 1. The van der Waals surface area contributed by atoms with Crippen LogP contribution in [0.2, 0.25) is 5.02 Å². The van der Waals surface area contributed by atoms with Crippen LogP contribution in [-0.2, 0) is 14.8 Å². The van der Waals surface area contributed by atoms with Crippen LogP contribution in [0.1, 0.15) is 5.56 Å². The van der Waals surface area contributed by atoms with Crippen molar-refractivity contribution in [3.63, 3.8) is 0 Å². The predicted octanol–water partition coefficient (Wildman–Crippen LogP) is 1.47. The average molecular weight is 264 g/mol. The molecule has 1 aromatic rings. The first kappa shape index (κ1) is 12.8. The minimum absolute atomic E-state index is 0.213. The lowest BCUT2D eigenvalue weighted by Crippen LogP contribution is -2.22. The molecule has 0 aliphatic rings. The second-order valence-electron chi connectivity index (χ2n) is 3.19. The lowest BCUT2D eigenvalue weighted by molar-refractivity contribution is -0.134. The monoisotopic (exact) mass is 263 g/mol. The van der Waals surface area contributed by atoms with E-state index in [1.807, 2.05) is 0 Å². The number of sulfonamides is 1. The Bertz CT molecular complexity index is 492. The van der Waals surface area contributed by atoms with E-state index >= 15 is 0 Å². The van der Waals surface area contributed by atoms with Crippen LogP contribution in [0.15, 0.2) is 18.2 Å². The van der Waals surface area contributed by atoms with Crippen LogP contribution < -0.4 is 4.72 Å². The standard InChI is InChI=1S/C9H10ClNO4S/c1-6-3-2-4-7(10)9(6)11-16(14,15)5-8(12)13/h2-4,11H,5H2,1H3,(H,12,13). The van der Waals surface area contributed by atoms with Gasteiger partial charge in [0.2, 0.25) is 10.0 Å². The average Bonchev–Trinajstić information content (AvgIpc) is 2.09. The Morgan fingerprint density at radius 1 is 1.50 bits per heavy atom. The SMILES string of the molecule is Cc1cccc(Cl)c1NS(=O)(=O)CC(=O)O. The number of hydrogen-bond acceptors (Lipinski definition) is 3. The van der Waals surface area contributed by atoms with Crippen molar-refractivity contribution in [3.8, 4) is 0 Å². The van der Waals surface area contributed by atoms with Crippen molar-refractivity contribution in [2.45, 2.75) is 6.92 Å². The van der Waals surface area contributed by atoms with Gasteiger partial charge in [-0.2, -0.15) is 0 Å². The van der Waals surface area contributed by atoms with Gasteiger partial charge in [-0.25, -0.2) is 8.42 Å². The molecule has 2 N–H and O–H groups in total. The molecule has 0 radical (unpaired) electrons. The predicted molar refractivity (Wildman–Crippen MR) is 61.2 cm³/mol. The number of nitrogens with one attached hydrogen (secondary N) is 1. The molecule has 0 aromatic heterocycles. The molecule has 0 atom stereocenters. The third kappa shape index (κ3) is 3.39. The van der Waals surface area contributed by atoms with Gasteiger partial charge in [0.25, 0.3) is 0 Å². The highest BCUT2D eigenvalue weighted by Gasteiger charge is 2.17. The summed E-state index contributed by atoms with van der Waals surface area (Å²) in [6.45, 7) is 1.67. The molecule has 16 heavy (non-hydrogen) atoms. The first-order chi connectivity index (χ1) is 7.32. The summed E-state index contributed by atoms with van der Waals surface area (Å²) in [4.78, 5) is 10.3. The van der Waals surface area contributed by atoms with Crippen molar-refractivity contribution in [2.24, 2.45) is 0 Å². The number of carboxylic acids is 1. The highest BCUT2D eigenvalue weighted by atomic mass is 35.5. The molecule has 0 saturated carbocycles. The number of carboxylic acid groups (broad SMARTS) is 1. The number of rotatable bonds is 4. The minimum Gasteiger partial charge on any atom is -0.480 e. The number of halogens is 1.